The van der Waals surface area contributed by atoms with E-state index in [1.54, 1.807) is 12.1 Å². The van der Waals surface area contributed by atoms with Crippen LogP contribution in [0.2, 0.25) is 10.0 Å². The maximum Gasteiger partial charge on any atom is 0.197 e. The fourth-order valence-corrected chi connectivity index (χ4v) is 3.56. The van der Waals surface area contributed by atoms with Crippen molar-refractivity contribution in [3.63, 3.8) is 0 Å². The highest BCUT2D eigenvalue weighted by Crippen LogP contribution is 2.33. The van der Waals surface area contributed by atoms with E-state index in [0.717, 1.165) is 26.8 Å². The van der Waals surface area contributed by atoms with E-state index in [2.05, 4.69) is 20.9 Å². The molecule has 0 amide bonds. The molecule has 0 aliphatic carbocycles. The Morgan fingerprint density at radius 1 is 0.808 bits per heavy atom. The van der Waals surface area contributed by atoms with Crippen LogP contribution in [0.4, 0.5) is 0 Å². The number of aromatic amines is 1. The Bertz CT molecular complexity index is 1180. The Morgan fingerprint density at radius 2 is 1.50 bits per heavy atom. The molecule has 1 N–H and O–H groups in total. The molecule has 0 spiro atoms. The Labute approximate surface area is 168 Å². The lowest BCUT2D eigenvalue weighted by Gasteiger charge is -2.13. The first-order valence-electron chi connectivity index (χ1n) is 7.91. The lowest BCUT2D eigenvalue weighted by molar-refractivity contribution is 1.37. The highest BCUT2D eigenvalue weighted by atomic mass is 79.9. The summed E-state index contributed by atoms with van der Waals surface area (Å²) >= 11 is 15.7. The predicted molar refractivity (Wildman–Crippen MR) is 113 cm³/mol. The molecule has 0 radical (unpaired) electrons. The largest absolute Gasteiger partial charge is 0.354 e. The molecule has 0 saturated carbocycles. The average Bonchev–Trinajstić information content (AvgIpc) is 2.65. The zero-order valence-corrected chi connectivity index (χ0v) is 16.5. The zero-order valence-electron chi connectivity index (χ0n) is 13.4. The van der Waals surface area contributed by atoms with Crippen molar-refractivity contribution in [3.05, 3.63) is 91.5 Å². The minimum atomic E-state index is -0.0457. The summed E-state index contributed by atoms with van der Waals surface area (Å²) in [6, 6.07) is 20.6. The van der Waals surface area contributed by atoms with Crippen molar-refractivity contribution in [1.29, 1.82) is 0 Å². The van der Waals surface area contributed by atoms with Crippen molar-refractivity contribution in [2.75, 3.05) is 0 Å². The van der Waals surface area contributed by atoms with Crippen LogP contribution in [0.15, 0.2) is 76.0 Å². The van der Waals surface area contributed by atoms with Gasteiger partial charge < -0.3 is 4.98 Å². The smallest absolute Gasteiger partial charge is 0.197 e. The van der Waals surface area contributed by atoms with Crippen molar-refractivity contribution in [2.45, 2.75) is 0 Å². The molecule has 0 fully saturated rings. The number of H-pyrrole nitrogens is 1. The Kier molecular flexibility index (Phi) is 4.62. The summed E-state index contributed by atoms with van der Waals surface area (Å²) in [7, 11) is 0. The van der Waals surface area contributed by atoms with Crippen LogP contribution < -0.4 is 5.43 Å². The number of rotatable bonds is 2. The third-order valence-electron chi connectivity index (χ3n) is 4.25. The van der Waals surface area contributed by atoms with Gasteiger partial charge in [-0.3, -0.25) is 4.79 Å². The summed E-state index contributed by atoms with van der Waals surface area (Å²) in [4.78, 5) is 16.7. The molecule has 4 rings (SSSR count). The molecule has 1 heterocycles. The van der Waals surface area contributed by atoms with Crippen molar-refractivity contribution in [2.24, 2.45) is 0 Å². The number of benzene rings is 3. The number of fused-ring (bicyclic) bond motifs is 1. The quantitative estimate of drug-likeness (QED) is 0.357. The average molecular weight is 445 g/mol. The van der Waals surface area contributed by atoms with E-state index in [1.807, 2.05) is 54.6 Å². The van der Waals surface area contributed by atoms with E-state index in [0.29, 0.717) is 21.0 Å². The standard InChI is InChI=1S/C21H12BrCl2NO/c22-14-8-5-12(6-9-14)20-19(13-7-10-16(23)17(24)11-13)21(26)15-3-1-2-4-18(15)25-20/h1-11H,(H,25,26). The second-order valence-electron chi connectivity index (χ2n) is 5.89. The second kappa shape index (κ2) is 6.92. The first kappa shape index (κ1) is 17.3. The van der Waals surface area contributed by atoms with Gasteiger partial charge in [-0.15, -0.1) is 0 Å². The summed E-state index contributed by atoms with van der Waals surface area (Å²) in [6.45, 7) is 0. The number of aromatic nitrogens is 1. The summed E-state index contributed by atoms with van der Waals surface area (Å²) in [5, 5.41) is 1.51. The molecule has 0 aliphatic heterocycles. The lowest BCUT2D eigenvalue weighted by Crippen LogP contribution is -2.09. The van der Waals surface area contributed by atoms with Gasteiger partial charge in [0.1, 0.15) is 0 Å². The maximum atomic E-state index is 13.3. The fourth-order valence-electron chi connectivity index (χ4n) is 3.00. The number of hydrogen-bond acceptors (Lipinski definition) is 1. The molecule has 0 aliphatic rings. The van der Waals surface area contributed by atoms with E-state index < -0.39 is 0 Å². The molecule has 26 heavy (non-hydrogen) atoms. The van der Waals surface area contributed by atoms with E-state index >= 15 is 0 Å². The number of hydrogen-bond donors (Lipinski definition) is 1. The Morgan fingerprint density at radius 3 is 2.23 bits per heavy atom. The first-order chi connectivity index (χ1) is 12.5. The van der Waals surface area contributed by atoms with Crippen LogP contribution in [0.5, 0.6) is 0 Å². The van der Waals surface area contributed by atoms with Crippen molar-refractivity contribution < 1.29 is 0 Å². The van der Waals surface area contributed by atoms with Crippen LogP contribution in [-0.2, 0) is 0 Å². The van der Waals surface area contributed by atoms with Gasteiger partial charge in [-0.05, 0) is 47.5 Å². The fraction of sp³-hybridized carbons (Fsp3) is 0. The SMILES string of the molecule is O=c1c(-c2ccc(Cl)c(Cl)c2)c(-c2ccc(Br)cc2)[nH]c2ccccc12. The topological polar surface area (TPSA) is 32.9 Å². The number of halogens is 3. The molecule has 0 bridgehead atoms. The van der Waals surface area contributed by atoms with Crippen LogP contribution in [0.1, 0.15) is 0 Å². The molecular formula is C21H12BrCl2NO. The minimum absolute atomic E-state index is 0.0457. The van der Waals surface area contributed by atoms with Crippen molar-refractivity contribution in [3.8, 4) is 22.4 Å². The van der Waals surface area contributed by atoms with Crippen LogP contribution in [0, 0.1) is 0 Å². The Hall–Kier alpha value is -2.07. The number of para-hydroxylation sites is 1. The normalized spacial score (nSPS) is 11.0. The summed E-state index contributed by atoms with van der Waals surface area (Å²) < 4.78 is 0.973. The molecule has 1 aromatic heterocycles. The molecule has 0 saturated heterocycles. The van der Waals surface area contributed by atoms with Gasteiger partial charge in [0.2, 0.25) is 0 Å². The van der Waals surface area contributed by atoms with Gasteiger partial charge >= 0.3 is 0 Å². The van der Waals surface area contributed by atoms with E-state index in [-0.39, 0.29) is 5.43 Å². The summed E-state index contributed by atoms with van der Waals surface area (Å²) in [5.74, 6) is 0. The van der Waals surface area contributed by atoms with Gasteiger partial charge in [-0.2, -0.15) is 0 Å². The number of nitrogens with one attached hydrogen (secondary N) is 1. The summed E-state index contributed by atoms with van der Waals surface area (Å²) in [6.07, 6.45) is 0. The lowest BCUT2D eigenvalue weighted by atomic mass is 9.97. The molecule has 4 aromatic rings. The van der Waals surface area contributed by atoms with Crippen LogP contribution >= 0.6 is 39.1 Å². The van der Waals surface area contributed by atoms with E-state index in [4.69, 9.17) is 23.2 Å². The van der Waals surface area contributed by atoms with Gasteiger partial charge in [0, 0.05) is 15.4 Å². The maximum absolute atomic E-state index is 13.3. The molecule has 5 heteroatoms. The highest BCUT2D eigenvalue weighted by Gasteiger charge is 2.16. The molecule has 0 unspecified atom stereocenters. The van der Waals surface area contributed by atoms with Gasteiger partial charge in [0.05, 0.1) is 21.3 Å². The highest BCUT2D eigenvalue weighted by molar-refractivity contribution is 9.10. The van der Waals surface area contributed by atoms with Crippen LogP contribution in [0.25, 0.3) is 33.3 Å². The van der Waals surface area contributed by atoms with Gasteiger partial charge in [-0.25, -0.2) is 0 Å². The van der Waals surface area contributed by atoms with Crippen LogP contribution in [-0.4, -0.2) is 4.98 Å². The molecule has 128 valence electrons. The van der Waals surface area contributed by atoms with Crippen molar-refractivity contribution in [1.82, 2.24) is 4.98 Å². The molecule has 2 nitrogen and oxygen atoms in total. The minimum Gasteiger partial charge on any atom is -0.354 e. The Balaban J connectivity index is 2.10. The van der Waals surface area contributed by atoms with E-state index in [1.165, 1.54) is 0 Å². The zero-order chi connectivity index (χ0) is 18.3. The van der Waals surface area contributed by atoms with Crippen LogP contribution in [0.3, 0.4) is 0 Å². The monoisotopic (exact) mass is 443 g/mol. The molecule has 0 atom stereocenters. The van der Waals surface area contributed by atoms with E-state index in [9.17, 15) is 4.79 Å². The van der Waals surface area contributed by atoms with Gasteiger partial charge in [0.25, 0.3) is 0 Å². The third kappa shape index (κ3) is 3.07. The van der Waals surface area contributed by atoms with Crippen molar-refractivity contribution >= 4 is 50.0 Å². The summed E-state index contributed by atoms with van der Waals surface area (Å²) in [5.41, 5.74) is 3.71. The molecular weight excluding hydrogens is 433 g/mol. The predicted octanol–water partition coefficient (Wildman–Crippen LogP) is 6.93. The number of pyridine rings is 1. The third-order valence-corrected chi connectivity index (χ3v) is 5.52. The second-order valence-corrected chi connectivity index (χ2v) is 7.62. The van der Waals surface area contributed by atoms with Gasteiger partial charge in [0.15, 0.2) is 5.43 Å². The van der Waals surface area contributed by atoms with Gasteiger partial charge in [-0.1, -0.05) is 69.5 Å². The molecule has 3 aromatic carbocycles. The first-order valence-corrected chi connectivity index (χ1v) is 9.46.